The van der Waals surface area contributed by atoms with Crippen molar-refractivity contribution in [1.82, 2.24) is 9.80 Å². The van der Waals surface area contributed by atoms with Crippen LogP contribution >= 0.6 is 0 Å². The average Bonchev–Trinajstić information content (AvgIpc) is 2.12. The van der Waals surface area contributed by atoms with E-state index in [9.17, 15) is 4.79 Å². The van der Waals surface area contributed by atoms with Crippen molar-refractivity contribution in [3.8, 4) is 6.07 Å². The zero-order valence-corrected chi connectivity index (χ0v) is 8.74. The molecule has 0 aromatic carbocycles. The monoisotopic (exact) mass is 183 g/mol. The van der Waals surface area contributed by atoms with Crippen molar-refractivity contribution in [2.45, 2.75) is 19.9 Å². The number of rotatable bonds is 4. The molecule has 0 aliphatic carbocycles. The summed E-state index contributed by atoms with van der Waals surface area (Å²) < 4.78 is 0. The molecule has 0 spiro atoms. The van der Waals surface area contributed by atoms with Crippen LogP contribution in [0.3, 0.4) is 0 Å². The maximum Gasteiger partial charge on any atom is 0.236 e. The molecule has 0 saturated heterocycles. The maximum absolute atomic E-state index is 11.3. The molecule has 4 heteroatoms. The van der Waals surface area contributed by atoms with Gasteiger partial charge in [0.1, 0.15) is 0 Å². The summed E-state index contributed by atoms with van der Waals surface area (Å²) in [5.41, 5.74) is 0. The Bertz CT molecular complexity index is 207. The molecule has 0 bridgehead atoms. The highest BCUT2D eigenvalue weighted by molar-refractivity contribution is 5.77. The van der Waals surface area contributed by atoms with E-state index in [2.05, 4.69) is 6.07 Å². The van der Waals surface area contributed by atoms with Crippen molar-refractivity contribution in [3.05, 3.63) is 0 Å². The van der Waals surface area contributed by atoms with Crippen LogP contribution in [0.25, 0.3) is 0 Å². The normalized spacial score (nSPS) is 12.3. The molecule has 0 radical (unpaired) electrons. The molecule has 13 heavy (non-hydrogen) atoms. The zero-order valence-electron chi connectivity index (χ0n) is 8.74. The van der Waals surface area contributed by atoms with E-state index < -0.39 is 0 Å². The van der Waals surface area contributed by atoms with Gasteiger partial charge in [-0.05, 0) is 13.5 Å². The van der Waals surface area contributed by atoms with Gasteiger partial charge in [0.15, 0.2) is 0 Å². The van der Waals surface area contributed by atoms with Crippen LogP contribution in [0.1, 0.15) is 13.8 Å². The summed E-state index contributed by atoms with van der Waals surface area (Å²) in [4.78, 5) is 14.7. The molecule has 4 nitrogen and oxygen atoms in total. The lowest BCUT2D eigenvalue weighted by Gasteiger charge is -2.23. The molecule has 0 aromatic heterocycles. The molecule has 0 aromatic rings. The fraction of sp³-hybridized carbons (Fsp3) is 0.778. The van der Waals surface area contributed by atoms with Gasteiger partial charge in [0.25, 0.3) is 0 Å². The largest absolute Gasteiger partial charge is 0.348 e. The van der Waals surface area contributed by atoms with E-state index in [0.717, 1.165) is 0 Å². The molecule has 74 valence electrons. The molecule has 0 aliphatic rings. The fourth-order valence-corrected chi connectivity index (χ4v) is 0.919. The number of carbonyl (C=O) groups excluding carboxylic acids is 1. The third kappa shape index (κ3) is 3.90. The summed E-state index contributed by atoms with van der Waals surface area (Å²) in [5, 5.41) is 8.67. The number of likely N-dealkylation sites (N-methyl/N-ethyl adjacent to an activating group) is 2. The van der Waals surface area contributed by atoms with Crippen molar-refractivity contribution in [1.29, 1.82) is 5.26 Å². The van der Waals surface area contributed by atoms with E-state index in [4.69, 9.17) is 5.26 Å². The van der Waals surface area contributed by atoms with Gasteiger partial charge in [-0.3, -0.25) is 9.69 Å². The Morgan fingerprint density at radius 1 is 1.54 bits per heavy atom. The van der Waals surface area contributed by atoms with Crippen LogP contribution < -0.4 is 0 Å². The smallest absolute Gasteiger partial charge is 0.236 e. The molecular weight excluding hydrogens is 166 g/mol. The van der Waals surface area contributed by atoms with E-state index in [-0.39, 0.29) is 11.9 Å². The fourth-order valence-electron chi connectivity index (χ4n) is 0.919. The second-order valence-electron chi connectivity index (χ2n) is 3.16. The first-order chi connectivity index (χ1) is 6.02. The van der Waals surface area contributed by atoms with Crippen LogP contribution in [-0.4, -0.2) is 48.9 Å². The van der Waals surface area contributed by atoms with Gasteiger partial charge in [-0.25, -0.2) is 0 Å². The Labute approximate surface area is 79.7 Å². The molecular formula is C9H17N3O. The van der Waals surface area contributed by atoms with Crippen molar-refractivity contribution in [2.75, 3.05) is 27.2 Å². The Kier molecular flexibility index (Phi) is 5.09. The molecule has 1 amide bonds. The molecule has 0 rings (SSSR count). The number of amides is 1. The zero-order chi connectivity index (χ0) is 10.4. The summed E-state index contributed by atoms with van der Waals surface area (Å²) in [5.74, 6) is 0.0314. The Hall–Kier alpha value is -1.08. The first-order valence-electron chi connectivity index (χ1n) is 4.36. The SMILES string of the molecule is CCN(CC(=O)N(C)C)C(C)C#N. The number of hydrogen-bond donors (Lipinski definition) is 0. The third-order valence-electron chi connectivity index (χ3n) is 1.98. The quantitative estimate of drug-likeness (QED) is 0.630. The van der Waals surface area contributed by atoms with Gasteiger partial charge in [0.05, 0.1) is 18.7 Å². The van der Waals surface area contributed by atoms with Crippen molar-refractivity contribution < 1.29 is 4.79 Å². The number of hydrogen-bond acceptors (Lipinski definition) is 3. The van der Waals surface area contributed by atoms with E-state index in [1.165, 1.54) is 4.90 Å². The van der Waals surface area contributed by atoms with Crippen LogP contribution in [0.5, 0.6) is 0 Å². The molecule has 0 fully saturated rings. The van der Waals surface area contributed by atoms with Gasteiger partial charge in [0.2, 0.25) is 5.91 Å². The maximum atomic E-state index is 11.3. The summed E-state index contributed by atoms with van der Waals surface area (Å²) in [6.07, 6.45) is 0. The lowest BCUT2D eigenvalue weighted by atomic mass is 10.3. The first-order valence-corrected chi connectivity index (χ1v) is 4.36. The van der Waals surface area contributed by atoms with Gasteiger partial charge in [-0.2, -0.15) is 5.26 Å². The highest BCUT2D eigenvalue weighted by atomic mass is 16.2. The van der Waals surface area contributed by atoms with Gasteiger partial charge >= 0.3 is 0 Å². The molecule has 1 atom stereocenters. The van der Waals surface area contributed by atoms with Crippen LogP contribution in [0.4, 0.5) is 0 Å². The van der Waals surface area contributed by atoms with Crippen molar-refractivity contribution in [2.24, 2.45) is 0 Å². The predicted molar refractivity (Wildman–Crippen MR) is 51.0 cm³/mol. The first kappa shape index (κ1) is 11.9. The number of carbonyl (C=O) groups is 1. The van der Waals surface area contributed by atoms with E-state index in [1.54, 1.807) is 21.0 Å². The molecule has 0 saturated carbocycles. The Balaban J connectivity index is 4.15. The van der Waals surface area contributed by atoms with Crippen LogP contribution in [0.15, 0.2) is 0 Å². The minimum Gasteiger partial charge on any atom is -0.348 e. The second kappa shape index (κ2) is 5.55. The van der Waals surface area contributed by atoms with Gasteiger partial charge in [-0.1, -0.05) is 6.92 Å². The summed E-state index contributed by atoms with van der Waals surface area (Å²) in [7, 11) is 3.43. The predicted octanol–water partition coefficient (Wildman–Crippen LogP) is 0.309. The van der Waals surface area contributed by atoms with E-state index in [0.29, 0.717) is 13.1 Å². The highest BCUT2D eigenvalue weighted by Gasteiger charge is 2.15. The molecule has 0 N–H and O–H groups in total. The van der Waals surface area contributed by atoms with Gasteiger partial charge in [0, 0.05) is 14.1 Å². The molecule has 0 aliphatic heterocycles. The minimum atomic E-state index is -0.200. The highest BCUT2D eigenvalue weighted by Crippen LogP contribution is 1.97. The lowest BCUT2D eigenvalue weighted by molar-refractivity contribution is -0.130. The minimum absolute atomic E-state index is 0.0314. The lowest BCUT2D eigenvalue weighted by Crippen LogP contribution is -2.40. The number of nitriles is 1. The third-order valence-corrected chi connectivity index (χ3v) is 1.98. The summed E-state index contributed by atoms with van der Waals surface area (Å²) >= 11 is 0. The van der Waals surface area contributed by atoms with Gasteiger partial charge in [-0.15, -0.1) is 0 Å². The van der Waals surface area contributed by atoms with Crippen LogP contribution in [0.2, 0.25) is 0 Å². The molecule has 0 heterocycles. The summed E-state index contributed by atoms with van der Waals surface area (Å²) in [6, 6.07) is 1.92. The number of nitrogens with zero attached hydrogens (tertiary/aromatic N) is 3. The van der Waals surface area contributed by atoms with Gasteiger partial charge < -0.3 is 4.90 Å². The van der Waals surface area contributed by atoms with E-state index in [1.807, 2.05) is 11.8 Å². The second-order valence-corrected chi connectivity index (χ2v) is 3.16. The average molecular weight is 183 g/mol. The van der Waals surface area contributed by atoms with Crippen LogP contribution in [-0.2, 0) is 4.79 Å². The summed E-state index contributed by atoms with van der Waals surface area (Å²) in [6.45, 7) is 4.77. The van der Waals surface area contributed by atoms with Crippen molar-refractivity contribution >= 4 is 5.91 Å². The van der Waals surface area contributed by atoms with Crippen molar-refractivity contribution in [3.63, 3.8) is 0 Å². The topological polar surface area (TPSA) is 47.3 Å². The van der Waals surface area contributed by atoms with Crippen LogP contribution in [0, 0.1) is 11.3 Å². The standard InChI is InChI=1S/C9H17N3O/c1-5-12(8(2)6-10)7-9(13)11(3)4/h8H,5,7H2,1-4H3. The molecule has 1 unspecified atom stereocenters. The Morgan fingerprint density at radius 2 is 2.08 bits per heavy atom. The van der Waals surface area contributed by atoms with E-state index >= 15 is 0 Å². The Morgan fingerprint density at radius 3 is 2.38 bits per heavy atom.